The molecule has 2 aliphatic heterocycles. The molecular formula is C19H23N3O4. The first-order valence-electron chi connectivity index (χ1n) is 8.96. The Hall–Kier alpha value is -2.54. The fourth-order valence-electron chi connectivity index (χ4n) is 3.33. The van der Waals surface area contributed by atoms with Crippen LogP contribution in [0.1, 0.15) is 18.7 Å². The van der Waals surface area contributed by atoms with Crippen molar-refractivity contribution in [1.29, 1.82) is 0 Å². The normalized spacial score (nSPS) is 21.6. The number of nitrogens with zero attached hydrogens (tertiary/aromatic N) is 3. The summed E-state index contributed by atoms with van der Waals surface area (Å²) >= 11 is 0. The van der Waals surface area contributed by atoms with Gasteiger partial charge in [-0.15, -0.1) is 0 Å². The van der Waals surface area contributed by atoms with E-state index in [0.717, 1.165) is 24.4 Å². The van der Waals surface area contributed by atoms with Crippen LogP contribution in [0, 0.1) is 0 Å². The van der Waals surface area contributed by atoms with Gasteiger partial charge in [0, 0.05) is 26.0 Å². The zero-order valence-corrected chi connectivity index (χ0v) is 14.8. The number of imidazole rings is 1. The summed E-state index contributed by atoms with van der Waals surface area (Å²) < 4.78 is 19.3. The first-order chi connectivity index (χ1) is 12.7. The van der Waals surface area contributed by atoms with Crippen molar-refractivity contribution in [2.75, 3.05) is 19.8 Å². The Morgan fingerprint density at radius 2 is 2.19 bits per heavy atom. The van der Waals surface area contributed by atoms with Gasteiger partial charge in [0.05, 0.1) is 13.1 Å². The molecule has 1 saturated heterocycles. The lowest BCUT2D eigenvalue weighted by molar-refractivity contribution is -0.143. The van der Waals surface area contributed by atoms with E-state index in [0.29, 0.717) is 32.1 Å². The minimum atomic E-state index is -0.368. The van der Waals surface area contributed by atoms with Gasteiger partial charge >= 0.3 is 0 Å². The van der Waals surface area contributed by atoms with E-state index >= 15 is 0 Å². The maximum Gasteiger partial charge on any atom is 0.252 e. The molecule has 1 fully saturated rings. The van der Waals surface area contributed by atoms with Crippen molar-refractivity contribution < 1.29 is 19.0 Å². The van der Waals surface area contributed by atoms with E-state index in [-0.39, 0.29) is 18.1 Å². The number of aromatic nitrogens is 2. The average Bonchev–Trinajstić information content (AvgIpc) is 3.33. The topological polar surface area (TPSA) is 65.8 Å². The number of carbonyl (C=O) groups excluding carboxylic acids is 1. The van der Waals surface area contributed by atoms with Crippen molar-refractivity contribution in [3.05, 3.63) is 42.5 Å². The summed E-state index contributed by atoms with van der Waals surface area (Å²) in [6.07, 6.45) is 4.70. The predicted molar refractivity (Wildman–Crippen MR) is 94.0 cm³/mol. The summed E-state index contributed by atoms with van der Waals surface area (Å²) in [4.78, 5) is 19.1. The molecule has 138 valence electrons. The number of rotatable bonds is 5. The molecule has 1 amide bonds. The zero-order chi connectivity index (χ0) is 17.9. The quantitative estimate of drug-likeness (QED) is 0.816. The molecule has 0 radical (unpaired) electrons. The van der Waals surface area contributed by atoms with Crippen molar-refractivity contribution in [1.82, 2.24) is 14.5 Å². The van der Waals surface area contributed by atoms with Crippen molar-refractivity contribution in [3.8, 4) is 11.5 Å². The minimum absolute atomic E-state index is 0.00652. The first kappa shape index (κ1) is 16.9. The van der Waals surface area contributed by atoms with Crippen LogP contribution < -0.4 is 9.47 Å². The van der Waals surface area contributed by atoms with E-state index in [2.05, 4.69) is 4.98 Å². The third kappa shape index (κ3) is 3.53. The second-order valence-corrected chi connectivity index (χ2v) is 6.67. The number of fused-ring (bicyclic) bond motifs is 1. The summed E-state index contributed by atoms with van der Waals surface area (Å²) in [6, 6.07) is 7.59. The summed E-state index contributed by atoms with van der Waals surface area (Å²) in [5, 5.41) is 0. The van der Waals surface area contributed by atoms with Crippen molar-refractivity contribution in [2.24, 2.45) is 7.05 Å². The summed E-state index contributed by atoms with van der Waals surface area (Å²) in [5.74, 6) is 2.27. The van der Waals surface area contributed by atoms with E-state index in [4.69, 9.17) is 14.2 Å². The van der Waals surface area contributed by atoms with Crippen LogP contribution in [-0.4, -0.2) is 52.3 Å². The number of carbonyl (C=O) groups is 1. The van der Waals surface area contributed by atoms with Gasteiger partial charge in [-0.1, -0.05) is 12.1 Å². The molecule has 2 aliphatic rings. The van der Waals surface area contributed by atoms with Gasteiger partial charge in [0.15, 0.2) is 17.6 Å². The SMILES string of the molecule is Cn1ccnc1CN(C[C@H]1COc2ccccc2O1)C(=O)[C@@H]1CCCO1. The van der Waals surface area contributed by atoms with Gasteiger partial charge in [-0.25, -0.2) is 4.98 Å². The van der Waals surface area contributed by atoms with Crippen molar-refractivity contribution >= 4 is 5.91 Å². The highest BCUT2D eigenvalue weighted by molar-refractivity contribution is 5.81. The number of aryl methyl sites for hydroxylation is 1. The van der Waals surface area contributed by atoms with Crippen LogP contribution >= 0.6 is 0 Å². The van der Waals surface area contributed by atoms with Gasteiger partial charge in [-0.2, -0.15) is 0 Å². The number of amides is 1. The van der Waals surface area contributed by atoms with Gasteiger partial charge in [0.1, 0.15) is 18.5 Å². The summed E-state index contributed by atoms with van der Waals surface area (Å²) in [6.45, 7) is 1.90. The maximum atomic E-state index is 13.0. The molecule has 0 unspecified atom stereocenters. The fraction of sp³-hybridized carbons (Fsp3) is 0.474. The van der Waals surface area contributed by atoms with Gasteiger partial charge < -0.3 is 23.7 Å². The molecule has 1 aromatic heterocycles. The Morgan fingerprint density at radius 3 is 2.92 bits per heavy atom. The molecule has 0 saturated carbocycles. The molecule has 7 heteroatoms. The Labute approximate surface area is 152 Å². The predicted octanol–water partition coefficient (Wildman–Crippen LogP) is 1.77. The van der Waals surface area contributed by atoms with Gasteiger partial charge in [0.25, 0.3) is 5.91 Å². The van der Waals surface area contributed by atoms with Crippen LogP contribution in [0.4, 0.5) is 0 Å². The molecule has 0 bridgehead atoms. The lowest BCUT2D eigenvalue weighted by atomic mass is 10.2. The second-order valence-electron chi connectivity index (χ2n) is 6.67. The molecule has 0 spiro atoms. The Bertz CT molecular complexity index is 770. The van der Waals surface area contributed by atoms with E-state index < -0.39 is 0 Å². The second kappa shape index (κ2) is 7.37. The molecule has 2 aromatic rings. The highest BCUT2D eigenvalue weighted by atomic mass is 16.6. The first-order valence-corrected chi connectivity index (χ1v) is 8.96. The van der Waals surface area contributed by atoms with Crippen molar-refractivity contribution in [2.45, 2.75) is 31.6 Å². The maximum absolute atomic E-state index is 13.0. The van der Waals surface area contributed by atoms with Crippen molar-refractivity contribution in [3.63, 3.8) is 0 Å². The molecule has 4 rings (SSSR count). The van der Waals surface area contributed by atoms with Crippen LogP contribution in [0.15, 0.2) is 36.7 Å². The number of hydrogen-bond acceptors (Lipinski definition) is 5. The Morgan fingerprint density at radius 1 is 1.35 bits per heavy atom. The minimum Gasteiger partial charge on any atom is -0.486 e. The Balaban J connectivity index is 1.49. The van der Waals surface area contributed by atoms with E-state index in [1.165, 1.54) is 0 Å². The van der Waals surface area contributed by atoms with Crippen LogP contribution in [0.25, 0.3) is 0 Å². The van der Waals surface area contributed by atoms with Crippen LogP contribution in [0.3, 0.4) is 0 Å². The monoisotopic (exact) mass is 357 g/mol. The van der Waals surface area contributed by atoms with E-state index in [1.54, 1.807) is 11.1 Å². The Kier molecular flexibility index (Phi) is 4.79. The summed E-state index contributed by atoms with van der Waals surface area (Å²) in [5.41, 5.74) is 0. The molecule has 0 N–H and O–H groups in total. The molecule has 1 aromatic carbocycles. The molecule has 7 nitrogen and oxygen atoms in total. The van der Waals surface area contributed by atoms with Crippen LogP contribution in [-0.2, 0) is 23.1 Å². The molecule has 0 aliphatic carbocycles. The van der Waals surface area contributed by atoms with E-state index in [9.17, 15) is 4.79 Å². The lowest BCUT2D eigenvalue weighted by Gasteiger charge is -2.32. The number of ether oxygens (including phenoxy) is 3. The van der Waals surface area contributed by atoms with Crippen LogP contribution in [0.2, 0.25) is 0 Å². The number of benzene rings is 1. The van der Waals surface area contributed by atoms with Gasteiger partial charge in [-0.3, -0.25) is 4.79 Å². The van der Waals surface area contributed by atoms with Gasteiger partial charge in [-0.05, 0) is 25.0 Å². The van der Waals surface area contributed by atoms with Crippen LogP contribution in [0.5, 0.6) is 11.5 Å². The van der Waals surface area contributed by atoms with E-state index in [1.807, 2.05) is 42.1 Å². The zero-order valence-electron chi connectivity index (χ0n) is 14.8. The standard InChI is InChI=1S/C19H23N3O4/c1-21-9-8-20-18(21)12-22(19(23)17-7-4-10-24-17)11-14-13-25-15-5-2-3-6-16(15)26-14/h2-3,5-6,8-9,14,17H,4,7,10-13H2,1H3/t14-,17-/m0/s1. The highest BCUT2D eigenvalue weighted by Crippen LogP contribution is 2.31. The average molecular weight is 357 g/mol. The largest absolute Gasteiger partial charge is 0.486 e. The summed E-state index contributed by atoms with van der Waals surface area (Å²) in [7, 11) is 1.92. The number of para-hydroxylation sites is 2. The lowest BCUT2D eigenvalue weighted by Crippen LogP contribution is -2.47. The van der Waals surface area contributed by atoms with Gasteiger partial charge in [0.2, 0.25) is 0 Å². The third-order valence-corrected chi connectivity index (χ3v) is 4.76. The highest BCUT2D eigenvalue weighted by Gasteiger charge is 2.32. The molecule has 2 atom stereocenters. The smallest absolute Gasteiger partial charge is 0.252 e. The third-order valence-electron chi connectivity index (χ3n) is 4.76. The molecule has 26 heavy (non-hydrogen) atoms. The fourth-order valence-corrected chi connectivity index (χ4v) is 3.33. The molecule has 3 heterocycles. The number of hydrogen-bond donors (Lipinski definition) is 0. The molecular weight excluding hydrogens is 334 g/mol.